The van der Waals surface area contributed by atoms with Crippen molar-refractivity contribution in [3.63, 3.8) is 0 Å². The number of carbonyl (C=O) groups is 2. The van der Waals surface area contributed by atoms with Crippen LogP contribution in [0.1, 0.15) is 32.8 Å². The van der Waals surface area contributed by atoms with E-state index in [-0.39, 0.29) is 5.91 Å². The summed E-state index contributed by atoms with van der Waals surface area (Å²) in [5, 5.41) is 0. The third-order valence-corrected chi connectivity index (χ3v) is 4.45. The van der Waals surface area contributed by atoms with Crippen LogP contribution in [0.3, 0.4) is 0 Å². The first-order valence-corrected chi connectivity index (χ1v) is 7.66. The van der Waals surface area contributed by atoms with Gasteiger partial charge in [0, 0.05) is 30.4 Å². The number of aromatic nitrogens is 1. The number of nitrogens with one attached hydrogen (secondary N) is 1. The van der Waals surface area contributed by atoms with E-state index in [2.05, 4.69) is 4.98 Å². The molecule has 0 aliphatic carbocycles. The van der Waals surface area contributed by atoms with Crippen LogP contribution in [0.4, 0.5) is 11.5 Å². The maximum Gasteiger partial charge on any atom is 0.270 e. The Morgan fingerprint density at radius 1 is 1.30 bits per heavy atom. The lowest BCUT2D eigenvalue weighted by Crippen LogP contribution is -2.42. The number of H-pyrrole nitrogens is 1. The van der Waals surface area contributed by atoms with E-state index in [4.69, 9.17) is 4.74 Å². The van der Waals surface area contributed by atoms with Gasteiger partial charge in [-0.1, -0.05) is 0 Å². The molecule has 1 N–H and O–H groups in total. The van der Waals surface area contributed by atoms with Gasteiger partial charge in [-0.15, -0.1) is 0 Å². The predicted molar refractivity (Wildman–Crippen MR) is 85.5 cm³/mol. The number of hydrogen-bond acceptors (Lipinski definition) is 4. The van der Waals surface area contributed by atoms with Gasteiger partial charge in [0.1, 0.15) is 12.0 Å². The Morgan fingerprint density at radius 2 is 2.13 bits per heavy atom. The molecule has 0 radical (unpaired) electrons. The van der Waals surface area contributed by atoms with Gasteiger partial charge in [-0.05, 0) is 37.1 Å². The molecule has 0 spiro atoms. The van der Waals surface area contributed by atoms with Gasteiger partial charge in [0.25, 0.3) is 5.91 Å². The van der Waals surface area contributed by atoms with Crippen molar-refractivity contribution in [2.45, 2.75) is 13.3 Å². The normalized spacial score (nSPS) is 15.9. The number of carbonyl (C=O) groups excluding carboxylic acids is 2. The summed E-state index contributed by atoms with van der Waals surface area (Å²) in [7, 11) is 0. The van der Waals surface area contributed by atoms with Gasteiger partial charge >= 0.3 is 0 Å². The molecule has 1 fully saturated rings. The first kappa shape index (κ1) is 13.9. The Balaban J connectivity index is 1.64. The standard InChI is InChI=1S/C17H17N3O3/c1-11-7-13(4-3-12(11)9-21)20-10-23-15-8-14(18-16(15)20)17(22)19-5-2-6-19/h3-4,7-9,18H,2,5-6,10H2,1H3. The molecule has 2 aromatic rings. The van der Waals surface area contributed by atoms with Crippen LogP contribution in [0, 0.1) is 6.92 Å². The molecule has 1 aromatic carbocycles. The van der Waals surface area contributed by atoms with Crippen molar-refractivity contribution >= 4 is 23.7 Å². The number of rotatable bonds is 3. The van der Waals surface area contributed by atoms with Crippen LogP contribution in [-0.2, 0) is 0 Å². The van der Waals surface area contributed by atoms with E-state index >= 15 is 0 Å². The van der Waals surface area contributed by atoms with Gasteiger partial charge in [-0.25, -0.2) is 0 Å². The minimum atomic E-state index is 0.0154. The van der Waals surface area contributed by atoms with E-state index in [9.17, 15) is 9.59 Å². The highest BCUT2D eigenvalue weighted by atomic mass is 16.5. The highest BCUT2D eigenvalue weighted by Crippen LogP contribution is 2.39. The number of fused-ring (bicyclic) bond motifs is 1. The molecule has 1 amide bonds. The van der Waals surface area contributed by atoms with Crippen LogP contribution in [-0.4, -0.2) is 41.9 Å². The Bertz CT molecular complexity index is 792. The van der Waals surface area contributed by atoms with Gasteiger partial charge in [0.15, 0.2) is 18.3 Å². The van der Waals surface area contributed by atoms with Crippen molar-refractivity contribution in [2.75, 3.05) is 24.7 Å². The minimum absolute atomic E-state index is 0.0154. The van der Waals surface area contributed by atoms with Crippen molar-refractivity contribution in [3.05, 3.63) is 41.1 Å². The zero-order valence-electron chi connectivity index (χ0n) is 12.8. The van der Waals surface area contributed by atoms with Crippen LogP contribution in [0.15, 0.2) is 24.3 Å². The van der Waals surface area contributed by atoms with Crippen molar-refractivity contribution < 1.29 is 14.3 Å². The third kappa shape index (κ3) is 2.18. The molecule has 0 atom stereocenters. The highest BCUT2D eigenvalue weighted by molar-refractivity contribution is 5.95. The minimum Gasteiger partial charge on any atom is -0.469 e. The fraction of sp³-hybridized carbons (Fsp3) is 0.294. The quantitative estimate of drug-likeness (QED) is 0.884. The molecular formula is C17H17N3O3. The molecule has 2 aliphatic heterocycles. The molecule has 0 saturated carbocycles. The van der Waals surface area contributed by atoms with Crippen LogP contribution in [0.25, 0.3) is 0 Å². The molecule has 1 saturated heterocycles. The molecular weight excluding hydrogens is 294 g/mol. The third-order valence-electron chi connectivity index (χ3n) is 4.45. The van der Waals surface area contributed by atoms with Crippen molar-refractivity contribution in [1.29, 1.82) is 0 Å². The largest absolute Gasteiger partial charge is 0.469 e. The predicted octanol–water partition coefficient (Wildman–Crippen LogP) is 2.47. The Hall–Kier alpha value is -2.76. The monoisotopic (exact) mass is 311 g/mol. The number of amides is 1. The molecule has 6 heteroatoms. The Morgan fingerprint density at radius 3 is 2.78 bits per heavy atom. The van der Waals surface area contributed by atoms with Crippen LogP contribution in [0.5, 0.6) is 5.75 Å². The van der Waals surface area contributed by atoms with E-state index in [0.29, 0.717) is 23.7 Å². The lowest BCUT2D eigenvalue weighted by molar-refractivity contribution is 0.0646. The number of nitrogens with zero attached hydrogens (tertiary/aromatic N) is 2. The molecule has 0 unspecified atom stereocenters. The number of ether oxygens (including phenoxy) is 1. The topological polar surface area (TPSA) is 65.6 Å². The van der Waals surface area contributed by atoms with E-state index in [1.807, 2.05) is 28.9 Å². The number of aromatic amines is 1. The smallest absolute Gasteiger partial charge is 0.270 e. The van der Waals surface area contributed by atoms with Gasteiger partial charge < -0.3 is 14.6 Å². The van der Waals surface area contributed by atoms with Crippen LogP contribution < -0.4 is 9.64 Å². The van der Waals surface area contributed by atoms with Crippen LogP contribution >= 0.6 is 0 Å². The second-order valence-corrected chi connectivity index (χ2v) is 5.90. The summed E-state index contributed by atoms with van der Waals surface area (Å²) in [6, 6.07) is 7.39. The molecule has 3 heterocycles. The van der Waals surface area contributed by atoms with Gasteiger partial charge in [-0.2, -0.15) is 0 Å². The summed E-state index contributed by atoms with van der Waals surface area (Å²) in [6.45, 7) is 3.93. The fourth-order valence-electron chi connectivity index (χ4n) is 2.90. The average Bonchev–Trinajstić information content (AvgIpc) is 3.05. The van der Waals surface area contributed by atoms with E-state index in [0.717, 1.165) is 42.9 Å². The maximum absolute atomic E-state index is 12.3. The summed E-state index contributed by atoms with van der Waals surface area (Å²) in [4.78, 5) is 30.2. The lowest BCUT2D eigenvalue weighted by Gasteiger charge is -2.30. The fourth-order valence-corrected chi connectivity index (χ4v) is 2.90. The first-order chi connectivity index (χ1) is 11.2. The molecule has 0 bridgehead atoms. The van der Waals surface area contributed by atoms with Gasteiger partial charge in [0.2, 0.25) is 0 Å². The summed E-state index contributed by atoms with van der Waals surface area (Å²) in [6.07, 6.45) is 1.92. The maximum atomic E-state index is 12.3. The van der Waals surface area contributed by atoms with Crippen molar-refractivity contribution in [2.24, 2.45) is 0 Å². The zero-order valence-corrected chi connectivity index (χ0v) is 12.8. The first-order valence-electron chi connectivity index (χ1n) is 7.66. The number of hydrogen-bond donors (Lipinski definition) is 1. The summed E-state index contributed by atoms with van der Waals surface area (Å²) in [5.74, 6) is 1.49. The highest BCUT2D eigenvalue weighted by Gasteiger charge is 2.29. The van der Waals surface area contributed by atoms with E-state index in [1.54, 1.807) is 12.1 Å². The number of aldehydes is 1. The zero-order chi connectivity index (χ0) is 16.0. The molecule has 6 nitrogen and oxygen atoms in total. The number of benzene rings is 1. The molecule has 4 rings (SSSR count). The summed E-state index contributed by atoms with van der Waals surface area (Å²) < 4.78 is 5.68. The van der Waals surface area contributed by atoms with E-state index in [1.165, 1.54) is 0 Å². The number of aryl methyl sites for hydroxylation is 1. The molecule has 2 aliphatic rings. The second kappa shape index (κ2) is 5.15. The molecule has 118 valence electrons. The lowest BCUT2D eigenvalue weighted by atomic mass is 10.1. The van der Waals surface area contributed by atoms with Gasteiger partial charge in [0.05, 0.1) is 0 Å². The van der Waals surface area contributed by atoms with E-state index < -0.39 is 0 Å². The Labute approximate surface area is 133 Å². The average molecular weight is 311 g/mol. The van der Waals surface area contributed by atoms with Gasteiger partial charge in [-0.3, -0.25) is 14.5 Å². The SMILES string of the molecule is Cc1cc(N2COc3cc(C(=O)N4CCC4)[nH]c32)ccc1C=O. The summed E-state index contributed by atoms with van der Waals surface area (Å²) in [5.41, 5.74) is 3.07. The number of anilines is 2. The number of likely N-dealkylation sites (tertiary alicyclic amines) is 1. The summed E-state index contributed by atoms with van der Waals surface area (Å²) >= 11 is 0. The molecule has 1 aromatic heterocycles. The van der Waals surface area contributed by atoms with Crippen LogP contribution in [0.2, 0.25) is 0 Å². The Kier molecular flexibility index (Phi) is 3.11. The molecule has 23 heavy (non-hydrogen) atoms. The second-order valence-electron chi connectivity index (χ2n) is 5.90. The van der Waals surface area contributed by atoms with Crippen molar-refractivity contribution in [3.8, 4) is 5.75 Å². The van der Waals surface area contributed by atoms with Crippen molar-refractivity contribution in [1.82, 2.24) is 9.88 Å².